The minimum absolute atomic E-state index is 0.0245. The molecule has 3 unspecified atom stereocenters. The van der Waals surface area contributed by atoms with E-state index in [2.05, 4.69) is 40.8 Å². The van der Waals surface area contributed by atoms with Crippen LogP contribution in [-0.2, 0) is 44.7 Å². The third-order valence-corrected chi connectivity index (χ3v) is 18.5. The van der Waals surface area contributed by atoms with Crippen LogP contribution in [0.15, 0.2) is 170 Å². The molecule has 20 nitrogen and oxygen atoms in total. The van der Waals surface area contributed by atoms with E-state index in [-0.39, 0.29) is 53.1 Å². The molecule has 8 heterocycles. The molecule has 0 aliphatic rings. The van der Waals surface area contributed by atoms with Gasteiger partial charge in [-0.25, -0.2) is 17.6 Å². The van der Waals surface area contributed by atoms with Gasteiger partial charge >= 0.3 is 23.9 Å². The van der Waals surface area contributed by atoms with Gasteiger partial charge in [0.25, 0.3) is 0 Å². The van der Waals surface area contributed by atoms with Gasteiger partial charge in [-0.05, 0) is 217 Å². The third kappa shape index (κ3) is 14.9. The van der Waals surface area contributed by atoms with Gasteiger partial charge in [-0.1, -0.05) is 55.4 Å². The summed E-state index contributed by atoms with van der Waals surface area (Å²) in [5.74, 6) is -7.47. The van der Waals surface area contributed by atoms with Gasteiger partial charge < -0.3 is 38.7 Å². The number of carboxylic acid groups (broad SMARTS) is 4. The molecule has 16 aromatic rings. The number of rotatable bonds is 20. The topological polar surface area (TPSA) is 284 Å². The number of aryl methyl sites for hydroxylation is 4. The van der Waals surface area contributed by atoms with Crippen LogP contribution in [0, 0.1) is 23.3 Å². The molecule has 8 aromatic heterocycles. The predicted octanol–water partition coefficient (Wildman–Crippen LogP) is 19.1. The number of nitrogens with one attached hydrogen (secondary N) is 4. The number of carbonyl (C=O) groups is 4. The Bertz CT molecular complexity index is 6490. The Morgan fingerprint density at radius 1 is 0.370 bits per heavy atom. The number of aromatic amines is 4. The van der Waals surface area contributed by atoms with E-state index in [4.69, 9.17) is 12.3 Å². The molecule has 0 saturated carbocycles. The number of carboxylic acids is 4. The van der Waals surface area contributed by atoms with Crippen molar-refractivity contribution >= 4 is 111 Å². The number of fused-ring (bicyclic) bond motifs is 8. The maximum Gasteiger partial charge on any atom is 0.303 e. The van der Waals surface area contributed by atoms with Gasteiger partial charge in [0.15, 0.2) is 0 Å². The van der Waals surface area contributed by atoms with Crippen LogP contribution in [0.2, 0.25) is 0 Å². The molecule has 24 heteroatoms. The van der Waals surface area contributed by atoms with Gasteiger partial charge in [0.05, 0.1) is 68.9 Å². The van der Waals surface area contributed by atoms with Crippen LogP contribution in [0.25, 0.3) is 110 Å². The standard InChI is InChI=1S/4C21H20FN3O2/c4*1-12(2)21-16(7-8-20(26)27)17-10-18-13(11-23-24-18)9-19(17)25(21)15-5-3-14(22)4-6-15/h4*3-6,9-12H,7-8H2,1-2H3,(H,23,24)(H,26,27)/i7D2,8D;7D,8D;8D2;7D2. The molecule has 0 saturated heterocycles. The van der Waals surface area contributed by atoms with E-state index in [9.17, 15) is 57.2 Å². The van der Waals surface area contributed by atoms with Crippen LogP contribution < -0.4 is 0 Å². The number of halogens is 4. The highest BCUT2D eigenvalue weighted by Gasteiger charge is 2.28. The first kappa shape index (κ1) is 62.7. The quantitative estimate of drug-likeness (QED) is 0.0331. The fourth-order valence-corrected chi connectivity index (χ4v) is 14.1. The van der Waals surface area contributed by atoms with Crippen molar-refractivity contribution < 1.29 is 69.5 Å². The fourth-order valence-electron chi connectivity index (χ4n) is 14.1. The molecule has 0 fully saturated rings. The van der Waals surface area contributed by atoms with Gasteiger partial charge in [0, 0.05) is 127 Å². The zero-order chi connectivity index (χ0) is 84.5. The largest absolute Gasteiger partial charge is 0.481 e. The number of aliphatic carboxylic acids is 4. The summed E-state index contributed by atoms with van der Waals surface area (Å²) in [4.78, 5) is 45.8. The lowest BCUT2D eigenvalue weighted by atomic mass is 9.99. The Morgan fingerprint density at radius 2 is 0.648 bits per heavy atom. The van der Waals surface area contributed by atoms with Gasteiger partial charge in [-0.2, -0.15) is 20.4 Å². The minimum atomic E-state index is -2.47. The van der Waals surface area contributed by atoms with Crippen LogP contribution in [0.1, 0.15) is 162 Å². The van der Waals surface area contributed by atoms with Crippen molar-refractivity contribution in [2.45, 2.75) is 130 Å². The summed E-state index contributed by atoms with van der Waals surface area (Å²) in [6.07, 6.45) is -6.14. The number of aromatic nitrogens is 12. The van der Waals surface area contributed by atoms with E-state index in [0.29, 0.717) is 72.3 Å². The Kier molecular flexibility index (Phi) is 17.9. The smallest absolute Gasteiger partial charge is 0.303 e. The number of benzene rings is 8. The van der Waals surface area contributed by atoms with Crippen LogP contribution in [0.4, 0.5) is 17.6 Å². The second-order valence-electron chi connectivity index (χ2n) is 27.1. The summed E-state index contributed by atoms with van der Waals surface area (Å²) in [7, 11) is 0. The zero-order valence-corrected chi connectivity index (χ0v) is 59.6. The van der Waals surface area contributed by atoms with E-state index in [0.717, 1.165) is 77.1 Å². The summed E-state index contributed by atoms with van der Waals surface area (Å²) < 4.78 is 137. The first-order valence-electron chi connectivity index (χ1n) is 39.3. The fraction of sp³-hybridized carbons (Fsp3) is 0.238. The van der Waals surface area contributed by atoms with Crippen molar-refractivity contribution in [3.05, 3.63) is 239 Å². The maximum absolute atomic E-state index is 13.6. The molecule has 0 spiro atoms. The lowest BCUT2D eigenvalue weighted by Gasteiger charge is -2.15. The molecule has 552 valence electrons. The number of H-pyrrole nitrogens is 4. The summed E-state index contributed by atoms with van der Waals surface area (Å²) >= 11 is 0. The average molecular weight is 1470 g/mol. The SMILES string of the molecule is [2H]C(C(=O)O)C([2H])([2H])c1c(C(C)C)n(-c2ccc(F)cc2)c2cc3cn[nH]c3cc12.[2H]C(C(=O)O)C([2H])c1c(C(C)C)n(-c2ccc(F)cc2)c2cc3cn[nH]c3cc12.[2H]C([2H])(CC(=O)O)c1c(C(C)C)n(-c2ccc(F)cc2)c2cc3cn[nH]c3cc12.[2H]C([2H])(Cc1c(C(C)C)n(-c2ccc(F)cc2)c2cc3cn[nH]c3cc12)C(=O)O. The van der Waals surface area contributed by atoms with Crippen LogP contribution in [0.5, 0.6) is 0 Å². The second kappa shape index (κ2) is 30.8. The lowest BCUT2D eigenvalue weighted by Crippen LogP contribution is -2.06. The molecule has 8 aromatic carbocycles. The number of hydrogen-bond donors (Lipinski definition) is 8. The van der Waals surface area contributed by atoms with Gasteiger partial charge in [-0.3, -0.25) is 39.6 Å². The molecule has 8 N–H and O–H groups in total. The van der Waals surface area contributed by atoms with Crippen molar-refractivity contribution in [1.29, 1.82) is 0 Å². The van der Waals surface area contributed by atoms with Crippen LogP contribution in [-0.4, -0.2) is 103 Å². The highest BCUT2D eigenvalue weighted by molar-refractivity contribution is 6.02. The van der Waals surface area contributed by atoms with Gasteiger partial charge in [-0.15, -0.1) is 0 Å². The highest BCUT2D eigenvalue weighted by Crippen LogP contribution is 2.42. The van der Waals surface area contributed by atoms with E-state index in [1.165, 1.54) is 48.5 Å². The number of hydrogen-bond acceptors (Lipinski definition) is 8. The lowest BCUT2D eigenvalue weighted by molar-refractivity contribution is -0.138. The van der Waals surface area contributed by atoms with Gasteiger partial charge in [0.2, 0.25) is 0 Å². The molecule has 3 atom stereocenters. The number of nitrogens with zero attached hydrogens (tertiary/aromatic N) is 8. The summed E-state index contributed by atoms with van der Waals surface area (Å²) in [6.45, 7) is 15.5. The zero-order valence-electron chi connectivity index (χ0n) is 68.6. The molecular weight excluding hydrogens is 1380 g/mol. The van der Waals surface area contributed by atoms with E-state index in [1.807, 2.05) is 110 Å². The van der Waals surface area contributed by atoms with Crippen LogP contribution >= 0.6 is 0 Å². The predicted molar refractivity (Wildman–Crippen MR) is 412 cm³/mol. The molecule has 0 aliphatic heterocycles. The third-order valence-electron chi connectivity index (χ3n) is 18.5. The van der Waals surface area contributed by atoms with Crippen LogP contribution in [0.3, 0.4) is 0 Å². The van der Waals surface area contributed by atoms with Crippen molar-refractivity contribution in [2.75, 3.05) is 0 Å². The van der Waals surface area contributed by atoms with E-state index < -0.39 is 74.4 Å². The average Bonchev–Trinajstić information content (AvgIpc) is 1.56. The monoisotopic (exact) mass is 1470 g/mol. The van der Waals surface area contributed by atoms with Gasteiger partial charge in [0.1, 0.15) is 23.3 Å². The minimum Gasteiger partial charge on any atom is -0.481 e. The Balaban J connectivity index is 0.000000135. The van der Waals surface area contributed by atoms with E-state index >= 15 is 0 Å². The highest BCUT2D eigenvalue weighted by atomic mass is 19.1. The molecule has 16 rings (SSSR count). The second-order valence-corrected chi connectivity index (χ2v) is 27.1. The molecule has 0 amide bonds. The first-order valence-corrected chi connectivity index (χ1v) is 34.6. The summed E-state index contributed by atoms with van der Waals surface area (Å²) in [6, 6.07) is 38.7. The Morgan fingerprint density at radius 3 is 0.935 bits per heavy atom. The maximum atomic E-state index is 13.6. The molecular formula is C84H80F4N12O8. The molecule has 0 aliphatic carbocycles. The first-order chi connectivity index (χ1) is 55.3. The van der Waals surface area contributed by atoms with Crippen molar-refractivity contribution in [1.82, 2.24) is 59.1 Å². The molecule has 108 heavy (non-hydrogen) atoms. The van der Waals surface area contributed by atoms with E-state index in [1.54, 1.807) is 85.5 Å². The molecule has 0 radical (unpaired) electrons. The van der Waals surface area contributed by atoms with Crippen molar-refractivity contribution in [3.63, 3.8) is 0 Å². The molecule has 0 bridgehead atoms. The van der Waals surface area contributed by atoms with Crippen molar-refractivity contribution in [2.24, 2.45) is 0 Å². The van der Waals surface area contributed by atoms with Crippen molar-refractivity contribution in [3.8, 4) is 22.7 Å². The Hall–Kier alpha value is -12.6. The summed E-state index contributed by atoms with van der Waals surface area (Å²) in [5.41, 5.74) is 13.0. The summed E-state index contributed by atoms with van der Waals surface area (Å²) in [5, 5.41) is 71.0. The Labute approximate surface area is 628 Å². The normalized spacial score (nSPS) is 14.2.